The van der Waals surface area contributed by atoms with Gasteiger partial charge in [-0.25, -0.2) is 0 Å². The fourth-order valence-corrected chi connectivity index (χ4v) is 3.18. The van der Waals surface area contributed by atoms with Crippen molar-refractivity contribution in [2.45, 2.75) is 31.5 Å². The zero-order valence-electron chi connectivity index (χ0n) is 10.5. The van der Waals surface area contributed by atoms with Crippen LogP contribution in [0.5, 0.6) is 0 Å². The smallest absolute Gasteiger partial charge is 0.177 e. The predicted octanol–water partition coefficient (Wildman–Crippen LogP) is 0.0104. The lowest BCUT2D eigenvalue weighted by Crippen LogP contribution is -2.75. The van der Waals surface area contributed by atoms with Crippen LogP contribution in [-0.2, 0) is 0 Å². The van der Waals surface area contributed by atoms with Crippen LogP contribution in [0.4, 0.5) is 0 Å². The lowest BCUT2D eigenvalue weighted by atomic mass is 10.1. The van der Waals surface area contributed by atoms with Crippen LogP contribution in [-0.4, -0.2) is 61.2 Å². The Morgan fingerprint density at radius 2 is 1.94 bits per heavy atom. The average molecular weight is 237 g/mol. The maximum absolute atomic E-state index is 4.57. The Hall–Kier alpha value is -0.650. The number of piperazine rings is 1. The molecule has 1 atom stereocenters. The van der Waals surface area contributed by atoms with E-state index in [0.717, 1.165) is 32.6 Å². The van der Waals surface area contributed by atoms with Crippen LogP contribution in [0, 0.1) is 0 Å². The quantitative estimate of drug-likeness (QED) is 0.710. The zero-order valence-corrected chi connectivity index (χ0v) is 10.5. The number of rotatable bonds is 2. The monoisotopic (exact) mass is 237 g/mol. The Morgan fingerprint density at radius 3 is 2.59 bits per heavy atom. The molecule has 0 saturated carbocycles. The molecule has 3 aliphatic rings. The summed E-state index contributed by atoms with van der Waals surface area (Å²) in [4.78, 5) is 2.59. The van der Waals surface area contributed by atoms with E-state index < -0.39 is 0 Å². The first kappa shape index (κ1) is 11.4. The normalized spacial score (nSPS) is 35.4. The van der Waals surface area contributed by atoms with Gasteiger partial charge in [0, 0.05) is 51.9 Å². The van der Waals surface area contributed by atoms with Crippen LogP contribution >= 0.6 is 0 Å². The Balaban J connectivity index is 1.80. The molecule has 5 heteroatoms. The van der Waals surface area contributed by atoms with Gasteiger partial charge in [-0.15, -0.1) is 0 Å². The van der Waals surface area contributed by atoms with Crippen molar-refractivity contribution < 1.29 is 0 Å². The second-order valence-electron chi connectivity index (χ2n) is 5.18. The molecule has 17 heavy (non-hydrogen) atoms. The Bertz CT molecular complexity index is 279. The second kappa shape index (κ2) is 4.92. The summed E-state index contributed by atoms with van der Waals surface area (Å²) in [5.41, 5.74) is 0. The maximum Gasteiger partial charge on any atom is 0.177 e. The summed E-state index contributed by atoms with van der Waals surface area (Å²) in [5.74, 6) is -0.0638. The summed E-state index contributed by atoms with van der Waals surface area (Å²) in [5, 5.41) is 14.1. The Kier molecular flexibility index (Phi) is 3.31. The van der Waals surface area contributed by atoms with Crippen molar-refractivity contribution in [3.63, 3.8) is 0 Å². The molecule has 0 aliphatic carbocycles. The van der Waals surface area contributed by atoms with Gasteiger partial charge in [0.15, 0.2) is 5.79 Å². The fourth-order valence-electron chi connectivity index (χ4n) is 3.18. The molecule has 2 fully saturated rings. The van der Waals surface area contributed by atoms with Crippen molar-refractivity contribution >= 4 is 6.21 Å². The van der Waals surface area contributed by atoms with Crippen LogP contribution in [0.25, 0.3) is 0 Å². The molecule has 96 valence electrons. The van der Waals surface area contributed by atoms with Gasteiger partial charge in [-0.1, -0.05) is 6.42 Å². The summed E-state index contributed by atoms with van der Waals surface area (Å²) in [7, 11) is 0. The first-order valence-corrected chi connectivity index (χ1v) is 6.93. The number of likely N-dealkylation sites (tertiary alicyclic amines) is 1. The van der Waals surface area contributed by atoms with E-state index in [1.165, 1.54) is 32.4 Å². The van der Waals surface area contributed by atoms with Crippen molar-refractivity contribution in [3.8, 4) is 0 Å². The Labute approximate surface area is 103 Å². The van der Waals surface area contributed by atoms with Crippen molar-refractivity contribution in [1.29, 1.82) is 0 Å². The standard InChI is InChI=1S/C12H23N5/c1-2-8-16(9-3-1)12(11-13-6-7-14-12)17-10-4-5-15-17/h5,13-14H,1-4,6-11H2. The van der Waals surface area contributed by atoms with Crippen molar-refractivity contribution in [2.24, 2.45) is 5.10 Å². The summed E-state index contributed by atoms with van der Waals surface area (Å²) in [6.45, 7) is 6.51. The van der Waals surface area contributed by atoms with Gasteiger partial charge >= 0.3 is 0 Å². The van der Waals surface area contributed by atoms with Crippen LogP contribution in [0.15, 0.2) is 5.10 Å². The number of nitrogens with zero attached hydrogens (tertiary/aromatic N) is 3. The molecular weight excluding hydrogens is 214 g/mol. The van der Waals surface area contributed by atoms with Gasteiger partial charge in [0.25, 0.3) is 0 Å². The lowest BCUT2D eigenvalue weighted by molar-refractivity contribution is -0.0952. The number of hydrazone groups is 1. The van der Waals surface area contributed by atoms with Gasteiger partial charge in [-0.05, 0) is 12.8 Å². The highest BCUT2D eigenvalue weighted by Crippen LogP contribution is 2.25. The minimum Gasteiger partial charge on any atom is -0.311 e. The van der Waals surface area contributed by atoms with Crippen LogP contribution in [0.3, 0.4) is 0 Å². The van der Waals surface area contributed by atoms with E-state index in [1.54, 1.807) is 0 Å². The maximum atomic E-state index is 4.57. The molecule has 3 heterocycles. The van der Waals surface area contributed by atoms with Gasteiger partial charge in [-0.2, -0.15) is 5.10 Å². The number of hydrogen-bond acceptors (Lipinski definition) is 5. The zero-order chi connectivity index (χ0) is 11.6. The molecule has 0 aromatic carbocycles. The summed E-state index contributed by atoms with van der Waals surface area (Å²) < 4.78 is 0. The van der Waals surface area contributed by atoms with E-state index >= 15 is 0 Å². The fraction of sp³-hybridized carbons (Fsp3) is 0.917. The largest absolute Gasteiger partial charge is 0.311 e. The van der Waals surface area contributed by atoms with Crippen LogP contribution in [0.2, 0.25) is 0 Å². The third-order valence-corrected chi connectivity index (χ3v) is 4.08. The molecule has 2 saturated heterocycles. The molecular formula is C12H23N5. The van der Waals surface area contributed by atoms with E-state index in [2.05, 4.69) is 25.6 Å². The van der Waals surface area contributed by atoms with Gasteiger partial charge in [0.2, 0.25) is 0 Å². The third-order valence-electron chi connectivity index (χ3n) is 4.08. The molecule has 5 nitrogen and oxygen atoms in total. The van der Waals surface area contributed by atoms with E-state index in [9.17, 15) is 0 Å². The van der Waals surface area contributed by atoms with Crippen LogP contribution in [0.1, 0.15) is 25.7 Å². The molecule has 0 bridgehead atoms. The van der Waals surface area contributed by atoms with E-state index in [-0.39, 0.29) is 5.79 Å². The highest BCUT2D eigenvalue weighted by Gasteiger charge is 2.44. The first-order chi connectivity index (χ1) is 8.42. The van der Waals surface area contributed by atoms with E-state index in [4.69, 9.17) is 0 Å². The van der Waals surface area contributed by atoms with E-state index in [1.807, 2.05) is 6.21 Å². The molecule has 0 amide bonds. The molecule has 0 aromatic rings. The molecule has 0 aromatic heterocycles. The molecule has 1 unspecified atom stereocenters. The summed E-state index contributed by atoms with van der Waals surface area (Å²) in [6, 6.07) is 0. The average Bonchev–Trinajstić information content (AvgIpc) is 2.95. The minimum atomic E-state index is -0.0638. The molecule has 2 N–H and O–H groups in total. The van der Waals surface area contributed by atoms with E-state index in [0.29, 0.717) is 0 Å². The minimum absolute atomic E-state index is 0.0638. The van der Waals surface area contributed by atoms with Gasteiger partial charge in [-0.3, -0.25) is 15.2 Å². The topological polar surface area (TPSA) is 42.9 Å². The second-order valence-corrected chi connectivity index (χ2v) is 5.18. The van der Waals surface area contributed by atoms with Crippen molar-refractivity contribution in [2.75, 3.05) is 39.3 Å². The number of hydrogen-bond donors (Lipinski definition) is 2. The molecule has 0 radical (unpaired) electrons. The molecule has 3 aliphatic heterocycles. The van der Waals surface area contributed by atoms with Gasteiger partial charge in [0.05, 0.1) is 0 Å². The highest BCUT2D eigenvalue weighted by atomic mass is 15.7. The first-order valence-electron chi connectivity index (χ1n) is 6.93. The predicted molar refractivity (Wildman–Crippen MR) is 68.8 cm³/mol. The highest BCUT2D eigenvalue weighted by molar-refractivity contribution is 5.58. The van der Waals surface area contributed by atoms with Gasteiger partial charge in [0.1, 0.15) is 0 Å². The summed E-state index contributed by atoms with van der Waals surface area (Å²) in [6.07, 6.45) is 7.14. The van der Waals surface area contributed by atoms with Crippen LogP contribution < -0.4 is 10.6 Å². The van der Waals surface area contributed by atoms with Crippen molar-refractivity contribution in [1.82, 2.24) is 20.5 Å². The lowest BCUT2D eigenvalue weighted by Gasteiger charge is -2.52. The third kappa shape index (κ3) is 2.07. The summed E-state index contributed by atoms with van der Waals surface area (Å²) >= 11 is 0. The number of nitrogens with one attached hydrogen (secondary N) is 2. The van der Waals surface area contributed by atoms with Crippen molar-refractivity contribution in [3.05, 3.63) is 0 Å². The number of piperidine rings is 1. The Morgan fingerprint density at radius 1 is 1.06 bits per heavy atom. The molecule has 3 rings (SSSR count). The molecule has 0 spiro atoms. The van der Waals surface area contributed by atoms with Gasteiger partial charge < -0.3 is 5.32 Å². The SMILES string of the molecule is C1=NN(C2(N3CCCCC3)CNCCN2)CC1.